The normalized spacial score (nSPS) is 15.3. The topological polar surface area (TPSA) is 18.5 Å². The average molecular weight is 346 g/mol. The molecule has 1 aromatic rings. The van der Waals surface area contributed by atoms with Crippen molar-refractivity contribution >= 4 is 29.0 Å². The molecular formula is C18H23N3S2. The van der Waals surface area contributed by atoms with Crippen LogP contribution in [0.5, 0.6) is 0 Å². The molecule has 0 saturated carbocycles. The third-order valence-corrected chi connectivity index (χ3v) is 5.36. The molecule has 2 rings (SSSR count). The van der Waals surface area contributed by atoms with E-state index in [1.165, 1.54) is 11.1 Å². The summed E-state index contributed by atoms with van der Waals surface area (Å²) in [7, 11) is 3.91. The number of allylic oxidation sites excluding steroid dienone is 1. The summed E-state index contributed by atoms with van der Waals surface area (Å²) in [6.45, 7) is 12.3. The van der Waals surface area contributed by atoms with Crippen molar-refractivity contribution in [2.45, 2.75) is 19.6 Å². The minimum atomic E-state index is 0.739. The van der Waals surface area contributed by atoms with Crippen molar-refractivity contribution in [3.63, 3.8) is 0 Å². The van der Waals surface area contributed by atoms with Gasteiger partial charge in [-0.05, 0) is 19.4 Å². The standard InChI is InChI=1S/C18H23N3S2/c1-12-7-9-16(10-8-12)11-23-14(3)19-17-13(2)20(5)15(4)21(6)18(17)22/h7-10,19H,3-4,11H2,1-2,5-6H3. The molecule has 0 aromatic heterocycles. The van der Waals surface area contributed by atoms with Crippen molar-refractivity contribution in [1.29, 1.82) is 0 Å². The number of rotatable bonds is 5. The van der Waals surface area contributed by atoms with Gasteiger partial charge in [-0.1, -0.05) is 55.2 Å². The van der Waals surface area contributed by atoms with Crippen LogP contribution in [0.2, 0.25) is 0 Å². The zero-order valence-corrected chi connectivity index (χ0v) is 15.8. The molecule has 0 unspecified atom stereocenters. The lowest BCUT2D eigenvalue weighted by molar-refractivity contribution is 0.381. The Balaban J connectivity index is 2.03. The van der Waals surface area contributed by atoms with E-state index in [0.717, 1.165) is 33.0 Å². The van der Waals surface area contributed by atoms with Crippen molar-refractivity contribution in [3.05, 3.63) is 70.8 Å². The zero-order chi connectivity index (χ0) is 17.1. The van der Waals surface area contributed by atoms with Gasteiger partial charge in [-0.3, -0.25) is 0 Å². The first-order valence-electron chi connectivity index (χ1n) is 7.37. The Hall–Kier alpha value is -1.72. The lowest BCUT2D eigenvalue weighted by atomic mass is 10.2. The number of thiocarbonyl (C=S) groups is 1. The number of aryl methyl sites for hydroxylation is 1. The third-order valence-electron chi connectivity index (χ3n) is 3.96. The van der Waals surface area contributed by atoms with Crippen LogP contribution in [0.15, 0.2) is 59.7 Å². The highest BCUT2D eigenvalue weighted by molar-refractivity contribution is 8.02. The molecule has 23 heavy (non-hydrogen) atoms. The molecule has 1 aliphatic heterocycles. The van der Waals surface area contributed by atoms with Crippen molar-refractivity contribution in [2.75, 3.05) is 14.1 Å². The highest BCUT2D eigenvalue weighted by atomic mass is 32.2. The van der Waals surface area contributed by atoms with Crippen LogP contribution in [0.4, 0.5) is 0 Å². The largest absolute Gasteiger partial charge is 0.347 e. The number of nitrogens with one attached hydrogen (secondary N) is 1. The highest BCUT2D eigenvalue weighted by Gasteiger charge is 2.26. The fourth-order valence-electron chi connectivity index (χ4n) is 2.20. The summed E-state index contributed by atoms with van der Waals surface area (Å²) in [6.07, 6.45) is 0. The Kier molecular flexibility index (Phi) is 5.55. The highest BCUT2D eigenvalue weighted by Crippen LogP contribution is 2.26. The van der Waals surface area contributed by atoms with Crippen LogP contribution < -0.4 is 5.32 Å². The van der Waals surface area contributed by atoms with Crippen molar-refractivity contribution in [1.82, 2.24) is 15.1 Å². The molecule has 0 atom stereocenters. The van der Waals surface area contributed by atoms with Gasteiger partial charge in [-0.15, -0.1) is 11.8 Å². The quantitative estimate of drug-likeness (QED) is 0.804. The van der Waals surface area contributed by atoms with Gasteiger partial charge in [0.1, 0.15) is 10.8 Å². The van der Waals surface area contributed by atoms with Gasteiger partial charge < -0.3 is 15.1 Å². The SMILES string of the molecule is C=C(NC1=C(C)N(C)C(=C)N(C)C1=S)SCc1ccc(C)cc1. The van der Waals surface area contributed by atoms with Gasteiger partial charge in [0.05, 0.1) is 10.7 Å². The van der Waals surface area contributed by atoms with E-state index < -0.39 is 0 Å². The van der Waals surface area contributed by atoms with Crippen LogP contribution in [-0.2, 0) is 5.75 Å². The van der Waals surface area contributed by atoms with Crippen LogP contribution >= 0.6 is 24.0 Å². The van der Waals surface area contributed by atoms with E-state index in [4.69, 9.17) is 12.2 Å². The molecule has 0 radical (unpaired) electrons. The summed E-state index contributed by atoms with van der Waals surface area (Å²) in [5, 5.41) is 4.25. The maximum Gasteiger partial charge on any atom is 0.132 e. The molecule has 0 bridgehead atoms. The first-order chi connectivity index (χ1) is 10.8. The maximum absolute atomic E-state index is 5.53. The number of benzene rings is 1. The molecular weight excluding hydrogens is 322 g/mol. The van der Waals surface area contributed by atoms with Crippen molar-refractivity contribution < 1.29 is 0 Å². The van der Waals surface area contributed by atoms with Crippen LogP contribution in [0.25, 0.3) is 0 Å². The van der Waals surface area contributed by atoms with Crippen LogP contribution in [-0.4, -0.2) is 28.9 Å². The van der Waals surface area contributed by atoms with Crippen molar-refractivity contribution in [2.24, 2.45) is 0 Å². The summed E-state index contributed by atoms with van der Waals surface area (Å²) >= 11 is 7.21. The van der Waals surface area contributed by atoms with E-state index in [-0.39, 0.29) is 0 Å². The van der Waals surface area contributed by atoms with Crippen LogP contribution in [0.1, 0.15) is 18.1 Å². The number of hydrogen-bond donors (Lipinski definition) is 1. The first-order valence-corrected chi connectivity index (χ1v) is 8.76. The molecule has 1 aromatic carbocycles. The predicted molar refractivity (Wildman–Crippen MR) is 105 cm³/mol. The summed E-state index contributed by atoms with van der Waals surface area (Å²) in [6, 6.07) is 8.56. The van der Waals surface area contributed by atoms with E-state index in [1.807, 2.05) is 30.8 Å². The summed E-state index contributed by atoms with van der Waals surface area (Å²) in [4.78, 5) is 4.67. The maximum atomic E-state index is 5.53. The molecule has 1 N–H and O–H groups in total. The number of likely N-dealkylation sites (N-methyl/N-ethyl adjacent to an activating group) is 1. The minimum absolute atomic E-state index is 0.739. The number of hydrogen-bond acceptors (Lipinski definition) is 4. The number of thioether (sulfide) groups is 1. The summed E-state index contributed by atoms with van der Waals surface area (Å²) in [5.41, 5.74) is 4.52. The van der Waals surface area contributed by atoms with Gasteiger partial charge in [-0.25, -0.2) is 0 Å². The molecule has 122 valence electrons. The van der Waals surface area contributed by atoms with Crippen molar-refractivity contribution in [3.8, 4) is 0 Å². The van der Waals surface area contributed by atoms with Gasteiger partial charge in [-0.2, -0.15) is 0 Å². The molecule has 3 nitrogen and oxygen atoms in total. The Morgan fingerprint density at radius 3 is 2.39 bits per heavy atom. The van der Waals surface area contributed by atoms with E-state index in [0.29, 0.717) is 0 Å². The second-order valence-corrected chi connectivity index (χ2v) is 7.08. The van der Waals surface area contributed by atoms with E-state index >= 15 is 0 Å². The Labute approximate surface area is 148 Å². The summed E-state index contributed by atoms with van der Waals surface area (Å²) < 4.78 is 0. The van der Waals surface area contributed by atoms with Crippen LogP contribution in [0.3, 0.4) is 0 Å². The molecule has 0 saturated heterocycles. The second-order valence-electron chi connectivity index (χ2n) is 5.62. The Morgan fingerprint density at radius 1 is 1.17 bits per heavy atom. The lowest BCUT2D eigenvalue weighted by Gasteiger charge is -2.38. The molecule has 0 aliphatic carbocycles. The summed E-state index contributed by atoms with van der Waals surface area (Å²) in [5.74, 6) is 1.75. The second kappa shape index (κ2) is 7.23. The molecule has 5 heteroatoms. The predicted octanol–water partition coefficient (Wildman–Crippen LogP) is 4.20. The van der Waals surface area contributed by atoms with Gasteiger partial charge >= 0.3 is 0 Å². The fraction of sp³-hybridized carbons (Fsp3) is 0.278. The molecule has 1 aliphatic rings. The van der Waals surface area contributed by atoms with Gasteiger partial charge in [0.25, 0.3) is 0 Å². The molecule has 1 heterocycles. The smallest absolute Gasteiger partial charge is 0.132 e. The Morgan fingerprint density at radius 2 is 1.78 bits per heavy atom. The molecule has 0 amide bonds. The van der Waals surface area contributed by atoms with Gasteiger partial charge in [0.2, 0.25) is 0 Å². The fourth-order valence-corrected chi connectivity index (χ4v) is 3.21. The van der Waals surface area contributed by atoms with E-state index in [1.54, 1.807) is 11.8 Å². The van der Waals surface area contributed by atoms with Gasteiger partial charge in [0.15, 0.2) is 0 Å². The lowest BCUT2D eigenvalue weighted by Crippen LogP contribution is -2.43. The monoisotopic (exact) mass is 345 g/mol. The Bertz CT molecular complexity index is 674. The van der Waals surface area contributed by atoms with E-state index in [9.17, 15) is 0 Å². The minimum Gasteiger partial charge on any atom is -0.347 e. The average Bonchev–Trinajstić information content (AvgIpc) is 2.54. The number of nitrogens with zero attached hydrogens (tertiary/aromatic N) is 2. The molecule has 0 fully saturated rings. The van der Waals surface area contributed by atoms with Crippen LogP contribution in [0, 0.1) is 6.92 Å². The first kappa shape index (κ1) is 17.6. The third kappa shape index (κ3) is 3.98. The van der Waals surface area contributed by atoms with E-state index in [2.05, 4.69) is 49.7 Å². The zero-order valence-electron chi connectivity index (χ0n) is 14.1. The molecule has 0 spiro atoms. The van der Waals surface area contributed by atoms with Gasteiger partial charge in [0, 0.05) is 25.5 Å².